The summed E-state index contributed by atoms with van der Waals surface area (Å²) >= 11 is 0. The topological polar surface area (TPSA) is 55.7 Å². The molecule has 3 atom stereocenters. The molecule has 3 N–H and O–H groups in total. The van der Waals surface area contributed by atoms with Crippen LogP contribution < -0.4 is 5.32 Å². The van der Waals surface area contributed by atoms with Gasteiger partial charge in [-0.3, -0.25) is 4.90 Å². The van der Waals surface area contributed by atoms with Gasteiger partial charge >= 0.3 is 0 Å². The molecule has 4 heteroatoms. The number of β-amino-alcohol motifs (C(OH)–C–C–N with tert-alkyl or cyclic N) is 1. The summed E-state index contributed by atoms with van der Waals surface area (Å²) in [6, 6.07) is 0.253. The zero-order valence-corrected chi connectivity index (χ0v) is 8.74. The first-order valence-electron chi connectivity index (χ1n) is 5.38. The Bertz CT molecular complexity index is 212. The van der Waals surface area contributed by atoms with Crippen molar-refractivity contribution in [1.82, 2.24) is 10.2 Å². The van der Waals surface area contributed by atoms with E-state index in [1.54, 1.807) is 0 Å². The molecule has 2 heterocycles. The Morgan fingerprint density at radius 1 is 1.50 bits per heavy atom. The second-order valence-corrected chi connectivity index (χ2v) is 4.98. The van der Waals surface area contributed by atoms with Crippen molar-refractivity contribution >= 4 is 0 Å². The Balaban J connectivity index is 1.95. The van der Waals surface area contributed by atoms with Crippen molar-refractivity contribution in [3.8, 4) is 0 Å². The van der Waals surface area contributed by atoms with Crippen molar-refractivity contribution in [2.75, 3.05) is 32.8 Å². The third-order valence-electron chi connectivity index (χ3n) is 3.59. The van der Waals surface area contributed by atoms with E-state index in [4.69, 9.17) is 0 Å². The van der Waals surface area contributed by atoms with E-state index in [0.717, 1.165) is 26.1 Å². The van der Waals surface area contributed by atoms with E-state index >= 15 is 0 Å². The molecule has 2 aliphatic heterocycles. The lowest BCUT2D eigenvalue weighted by atomic mass is 9.91. The second kappa shape index (κ2) is 3.77. The van der Waals surface area contributed by atoms with Crippen molar-refractivity contribution in [1.29, 1.82) is 0 Å². The van der Waals surface area contributed by atoms with Crippen LogP contribution in [0.2, 0.25) is 0 Å². The van der Waals surface area contributed by atoms with Crippen molar-refractivity contribution in [2.45, 2.75) is 25.5 Å². The van der Waals surface area contributed by atoms with Gasteiger partial charge in [0.2, 0.25) is 0 Å². The molecule has 0 aromatic carbocycles. The molecular formula is C10H20N2O2. The number of hydrogen-bond donors (Lipinski definition) is 3. The summed E-state index contributed by atoms with van der Waals surface area (Å²) in [5.74, 6) is 0. The van der Waals surface area contributed by atoms with Crippen LogP contribution in [0.25, 0.3) is 0 Å². The summed E-state index contributed by atoms with van der Waals surface area (Å²) in [4.78, 5) is 2.31. The summed E-state index contributed by atoms with van der Waals surface area (Å²) < 4.78 is 0. The lowest BCUT2D eigenvalue weighted by Gasteiger charge is -2.28. The van der Waals surface area contributed by atoms with Gasteiger partial charge in [-0.15, -0.1) is 0 Å². The van der Waals surface area contributed by atoms with Crippen LogP contribution in [0.15, 0.2) is 0 Å². The third-order valence-corrected chi connectivity index (χ3v) is 3.59. The van der Waals surface area contributed by atoms with Crippen LogP contribution in [-0.4, -0.2) is 60.0 Å². The number of hydrogen-bond acceptors (Lipinski definition) is 4. The highest BCUT2D eigenvalue weighted by atomic mass is 16.3. The Labute approximate surface area is 84.9 Å². The van der Waals surface area contributed by atoms with Crippen LogP contribution in [0.3, 0.4) is 0 Å². The van der Waals surface area contributed by atoms with Gasteiger partial charge in [0.1, 0.15) is 0 Å². The maximum absolute atomic E-state index is 9.73. The van der Waals surface area contributed by atoms with Crippen LogP contribution in [0.5, 0.6) is 0 Å². The van der Waals surface area contributed by atoms with Gasteiger partial charge in [-0.25, -0.2) is 0 Å². The quantitative estimate of drug-likeness (QED) is 0.536. The minimum Gasteiger partial charge on any atom is -0.396 e. The lowest BCUT2D eigenvalue weighted by molar-refractivity contribution is 0.0808. The Hall–Kier alpha value is -0.160. The number of likely N-dealkylation sites (tertiary alicyclic amines) is 1. The average molecular weight is 200 g/mol. The predicted molar refractivity (Wildman–Crippen MR) is 54.0 cm³/mol. The summed E-state index contributed by atoms with van der Waals surface area (Å²) in [6.07, 6.45) is 0.795. The first-order chi connectivity index (χ1) is 6.64. The second-order valence-electron chi connectivity index (χ2n) is 4.98. The first kappa shape index (κ1) is 10.4. The Kier molecular flexibility index (Phi) is 2.79. The van der Waals surface area contributed by atoms with Gasteiger partial charge in [-0.05, 0) is 13.0 Å². The van der Waals surface area contributed by atoms with Crippen molar-refractivity contribution in [3.05, 3.63) is 0 Å². The van der Waals surface area contributed by atoms with Gasteiger partial charge in [0.15, 0.2) is 0 Å². The largest absolute Gasteiger partial charge is 0.396 e. The number of nitrogens with one attached hydrogen (secondary N) is 1. The Morgan fingerprint density at radius 2 is 2.29 bits per heavy atom. The molecule has 0 spiro atoms. The Morgan fingerprint density at radius 3 is 2.79 bits per heavy atom. The van der Waals surface area contributed by atoms with Gasteiger partial charge in [0.25, 0.3) is 0 Å². The maximum Gasteiger partial charge on any atom is 0.0831 e. The van der Waals surface area contributed by atoms with Crippen molar-refractivity contribution < 1.29 is 10.2 Å². The predicted octanol–water partition coefficient (Wildman–Crippen LogP) is -0.977. The summed E-state index contributed by atoms with van der Waals surface area (Å²) in [5.41, 5.74) is 0.0440. The summed E-state index contributed by atoms with van der Waals surface area (Å²) in [7, 11) is 0. The summed E-state index contributed by atoms with van der Waals surface area (Å²) in [6.45, 7) is 5.86. The minimum atomic E-state index is -0.240. The van der Waals surface area contributed by atoms with Crippen LogP contribution in [0, 0.1) is 5.41 Å². The molecule has 2 aliphatic rings. The van der Waals surface area contributed by atoms with E-state index in [2.05, 4.69) is 17.1 Å². The SMILES string of the molecule is CC1(CO)CCN([C@@H]2CNC[C@H]2O)C1. The third kappa shape index (κ3) is 1.80. The van der Waals surface area contributed by atoms with E-state index in [9.17, 15) is 10.2 Å². The fraction of sp³-hybridized carbons (Fsp3) is 1.00. The molecule has 0 aromatic heterocycles. The normalized spacial score (nSPS) is 44.8. The molecular weight excluding hydrogens is 180 g/mol. The molecule has 0 aliphatic carbocycles. The molecule has 0 aromatic rings. The number of rotatable bonds is 2. The van der Waals surface area contributed by atoms with Crippen LogP contribution >= 0.6 is 0 Å². The molecule has 2 rings (SSSR count). The molecule has 1 unspecified atom stereocenters. The molecule has 0 bridgehead atoms. The number of nitrogens with zero attached hydrogens (tertiary/aromatic N) is 1. The van der Waals surface area contributed by atoms with Gasteiger partial charge in [0, 0.05) is 37.7 Å². The fourth-order valence-corrected chi connectivity index (χ4v) is 2.50. The van der Waals surface area contributed by atoms with Crippen LogP contribution in [0.4, 0.5) is 0 Å². The number of aliphatic hydroxyl groups is 2. The van der Waals surface area contributed by atoms with Gasteiger partial charge in [-0.1, -0.05) is 6.92 Å². The highest BCUT2D eigenvalue weighted by molar-refractivity contribution is 4.95. The molecule has 2 fully saturated rings. The van der Waals surface area contributed by atoms with Crippen LogP contribution in [-0.2, 0) is 0 Å². The van der Waals surface area contributed by atoms with Gasteiger partial charge in [-0.2, -0.15) is 0 Å². The smallest absolute Gasteiger partial charge is 0.0831 e. The molecule has 0 radical (unpaired) electrons. The first-order valence-corrected chi connectivity index (χ1v) is 5.38. The van der Waals surface area contributed by atoms with Crippen molar-refractivity contribution in [3.63, 3.8) is 0 Å². The lowest BCUT2D eigenvalue weighted by Crippen LogP contribution is -2.43. The van der Waals surface area contributed by atoms with Crippen molar-refractivity contribution in [2.24, 2.45) is 5.41 Å². The molecule has 0 amide bonds. The minimum absolute atomic E-state index is 0.0440. The van der Waals surface area contributed by atoms with Crippen LogP contribution in [0.1, 0.15) is 13.3 Å². The van der Waals surface area contributed by atoms with E-state index < -0.39 is 0 Å². The molecule has 82 valence electrons. The highest BCUT2D eigenvalue weighted by Gasteiger charge is 2.39. The molecule has 14 heavy (non-hydrogen) atoms. The maximum atomic E-state index is 9.73. The fourth-order valence-electron chi connectivity index (χ4n) is 2.50. The molecule has 4 nitrogen and oxygen atoms in total. The average Bonchev–Trinajstić information content (AvgIpc) is 2.73. The van der Waals surface area contributed by atoms with E-state index in [1.165, 1.54) is 0 Å². The molecule has 2 saturated heterocycles. The zero-order chi connectivity index (χ0) is 10.2. The highest BCUT2D eigenvalue weighted by Crippen LogP contribution is 2.31. The number of aliphatic hydroxyl groups excluding tert-OH is 2. The monoisotopic (exact) mass is 200 g/mol. The van der Waals surface area contributed by atoms with E-state index in [0.29, 0.717) is 6.54 Å². The standard InChI is InChI=1S/C10H20N2O2/c1-10(7-13)2-3-12(6-10)8-4-11-5-9(8)14/h8-9,11,13-14H,2-7H2,1H3/t8-,9-,10?/m1/s1. The van der Waals surface area contributed by atoms with E-state index in [1.807, 2.05) is 0 Å². The molecule has 0 saturated carbocycles. The van der Waals surface area contributed by atoms with Gasteiger partial charge < -0.3 is 15.5 Å². The van der Waals surface area contributed by atoms with Gasteiger partial charge in [0.05, 0.1) is 6.10 Å². The zero-order valence-electron chi connectivity index (χ0n) is 8.74. The summed E-state index contributed by atoms with van der Waals surface area (Å²) in [5, 5.41) is 22.2. The van der Waals surface area contributed by atoms with E-state index in [-0.39, 0.29) is 24.2 Å².